The van der Waals surface area contributed by atoms with Crippen molar-refractivity contribution >= 4 is 29.8 Å². The molecule has 0 unspecified atom stereocenters. The van der Waals surface area contributed by atoms with Crippen LogP contribution >= 0.6 is 23.5 Å². The fourth-order valence-corrected chi connectivity index (χ4v) is 3.15. The Labute approximate surface area is 114 Å². The van der Waals surface area contributed by atoms with Gasteiger partial charge in [0.25, 0.3) is 0 Å². The molecule has 0 saturated carbocycles. The van der Waals surface area contributed by atoms with E-state index in [4.69, 9.17) is 0 Å². The number of carbonyl (C=O) groups is 1. The van der Waals surface area contributed by atoms with Gasteiger partial charge in [0.1, 0.15) is 6.29 Å². The fourth-order valence-electron chi connectivity index (χ4n) is 0.914. The number of aldehydes is 1. The first-order valence-electron chi connectivity index (χ1n) is 5.68. The molecule has 0 aliphatic carbocycles. The minimum absolute atomic E-state index is 0.881. The number of carbonyl (C=O) groups excluding carboxylic acids is 1. The average Bonchev–Trinajstić information content (AvgIpc) is 2.23. The van der Waals surface area contributed by atoms with Gasteiger partial charge in [-0.05, 0) is 38.7 Å². The van der Waals surface area contributed by atoms with E-state index in [2.05, 4.69) is 39.8 Å². The van der Waals surface area contributed by atoms with Gasteiger partial charge in [-0.25, -0.2) is 0 Å². The van der Waals surface area contributed by atoms with Gasteiger partial charge in [0.2, 0.25) is 0 Å². The van der Waals surface area contributed by atoms with Crippen molar-refractivity contribution < 1.29 is 4.79 Å². The van der Waals surface area contributed by atoms with E-state index < -0.39 is 0 Å². The van der Waals surface area contributed by atoms with E-state index in [9.17, 15) is 4.79 Å². The highest BCUT2D eigenvalue weighted by molar-refractivity contribution is 8.06. The highest BCUT2D eigenvalue weighted by Crippen LogP contribution is 2.21. The van der Waals surface area contributed by atoms with Crippen molar-refractivity contribution in [3.63, 3.8) is 0 Å². The summed E-state index contributed by atoms with van der Waals surface area (Å²) in [6.07, 6.45) is 6.96. The molecule has 0 aromatic carbocycles. The van der Waals surface area contributed by atoms with E-state index in [1.165, 1.54) is 11.1 Å². The number of hydrogen-bond donors (Lipinski definition) is 0. The lowest BCUT2D eigenvalue weighted by atomic mass is 10.3. The molecule has 0 aliphatic heterocycles. The lowest BCUT2D eigenvalue weighted by Crippen LogP contribution is -1.87. The smallest absolute Gasteiger partial charge is 0.143 e. The SMILES string of the molecule is CC(C)=CCSC/C(=C\C=O)SCC=C(C)C. The van der Waals surface area contributed by atoms with Crippen LogP contribution in [0, 0.1) is 0 Å². The molecule has 0 spiro atoms. The zero-order valence-electron chi connectivity index (χ0n) is 11.2. The van der Waals surface area contributed by atoms with Gasteiger partial charge in [0.05, 0.1) is 0 Å². The average molecular weight is 270 g/mol. The summed E-state index contributed by atoms with van der Waals surface area (Å²) in [4.78, 5) is 11.7. The Morgan fingerprint density at radius 1 is 1.00 bits per heavy atom. The predicted molar refractivity (Wildman–Crippen MR) is 82.8 cm³/mol. The molecular weight excluding hydrogens is 248 g/mol. The van der Waals surface area contributed by atoms with Crippen molar-refractivity contribution in [1.29, 1.82) is 0 Å². The molecule has 96 valence electrons. The van der Waals surface area contributed by atoms with Crippen LogP contribution in [0.1, 0.15) is 27.7 Å². The molecule has 0 saturated heterocycles. The minimum atomic E-state index is 0.881. The van der Waals surface area contributed by atoms with Crippen LogP contribution in [0.5, 0.6) is 0 Å². The summed E-state index contributed by atoms with van der Waals surface area (Å²) >= 11 is 3.59. The van der Waals surface area contributed by atoms with Crippen LogP contribution < -0.4 is 0 Å². The number of hydrogen-bond acceptors (Lipinski definition) is 3. The van der Waals surface area contributed by atoms with Crippen LogP contribution in [0.3, 0.4) is 0 Å². The summed E-state index contributed by atoms with van der Waals surface area (Å²) < 4.78 is 0. The molecular formula is C14H22OS2. The van der Waals surface area contributed by atoms with Gasteiger partial charge < -0.3 is 0 Å². The predicted octanol–water partition coefficient (Wildman–Crippen LogP) is 4.47. The van der Waals surface area contributed by atoms with Gasteiger partial charge in [0, 0.05) is 17.3 Å². The van der Waals surface area contributed by atoms with E-state index in [0.29, 0.717) is 0 Å². The van der Waals surface area contributed by atoms with Crippen molar-refractivity contribution in [3.05, 3.63) is 34.3 Å². The maximum absolute atomic E-state index is 10.5. The third-order valence-corrected chi connectivity index (χ3v) is 3.95. The van der Waals surface area contributed by atoms with E-state index in [1.54, 1.807) is 17.8 Å². The molecule has 0 aromatic heterocycles. The Hall–Kier alpha value is -0.410. The van der Waals surface area contributed by atoms with Crippen molar-refractivity contribution in [2.24, 2.45) is 0 Å². The van der Waals surface area contributed by atoms with Crippen LogP contribution in [-0.4, -0.2) is 23.5 Å². The van der Waals surface area contributed by atoms with E-state index in [-0.39, 0.29) is 0 Å². The van der Waals surface area contributed by atoms with Crippen LogP contribution in [0.2, 0.25) is 0 Å². The van der Waals surface area contributed by atoms with Crippen LogP contribution in [0.4, 0.5) is 0 Å². The molecule has 0 fully saturated rings. The largest absolute Gasteiger partial charge is 0.299 e. The summed E-state index contributed by atoms with van der Waals surface area (Å²) in [5, 5.41) is 0. The molecule has 0 heterocycles. The molecule has 0 aromatic rings. The number of rotatable bonds is 8. The van der Waals surface area contributed by atoms with Crippen LogP contribution in [0.25, 0.3) is 0 Å². The van der Waals surface area contributed by atoms with Gasteiger partial charge in [-0.3, -0.25) is 4.79 Å². The first-order chi connectivity index (χ1) is 8.06. The maximum atomic E-state index is 10.5. The second-order valence-corrected chi connectivity index (χ2v) is 6.33. The molecule has 0 amide bonds. The number of allylic oxidation sites excluding steroid dienone is 3. The highest BCUT2D eigenvalue weighted by Gasteiger charge is 1.97. The Morgan fingerprint density at radius 3 is 2.12 bits per heavy atom. The first kappa shape index (κ1) is 16.6. The minimum Gasteiger partial charge on any atom is -0.299 e. The van der Waals surface area contributed by atoms with E-state index in [0.717, 1.165) is 28.4 Å². The molecule has 0 radical (unpaired) electrons. The fraction of sp³-hybridized carbons (Fsp3) is 0.500. The molecule has 0 rings (SSSR count). The Morgan fingerprint density at radius 2 is 1.59 bits per heavy atom. The maximum Gasteiger partial charge on any atom is 0.143 e. The third kappa shape index (κ3) is 11.8. The molecule has 1 nitrogen and oxygen atoms in total. The second-order valence-electron chi connectivity index (χ2n) is 4.16. The van der Waals surface area contributed by atoms with Gasteiger partial charge >= 0.3 is 0 Å². The van der Waals surface area contributed by atoms with Crippen molar-refractivity contribution in [3.8, 4) is 0 Å². The summed E-state index contributed by atoms with van der Waals surface area (Å²) in [6.45, 7) is 8.39. The van der Waals surface area contributed by atoms with Gasteiger partial charge in [-0.2, -0.15) is 11.8 Å². The standard InChI is InChI=1S/C14H22OS2/c1-12(2)6-9-16-11-14(5-8-15)17-10-7-13(3)4/h5-8H,9-11H2,1-4H3/b14-5+. The molecule has 0 aliphatic rings. The van der Waals surface area contributed by atoms with Gasteiger partial charge in [-0.15, -0.1) is 11.8 Å². The Bertz CT molecular complexity index is 306. The van der Waals surface area contributed by atoms with E-state index >= 15 is 0 Å². The summed E-state index contributed by atoms with van der Waals surface area (Å²) in [6, 6.07) is 0. The van der Waals surface area contributed by atoms with Gasteiger partial charge in [-0.1, -0.05) is 23.3 Å². The van der Waals surface area contributed by atoms with Crippen molar-refractivity contribution in [1.82, 2.24) is 0 Å². The third-order valence-electron chi connectivity index (χ3n) is 1.87. The topological polar surface area (TPSA) is 17.1 Å². The van der Waals surface area contributed by atoms with Crippen LogP contribution in [0.15, 0.2) is 34.3 Å². The molecule has 3 heteroatoms. The molecule has 0 N–H and O–H groups in total. The monoisotopic (exact) mass is 270 g/mol. The highest BCUT2D eigenvalue weighted by atomic mass is 32.2. The normalized spacial score (nSPS) is 10.9. The Balaban J connectivity index is 4.00. The molecule has 17 heavy (non-hydrogen) atoms. The summed E-state index contributed by atoms with van der Waals surface area (Å²) in [5.41, 5.74) is 2.66. The molecule has 0 atom stereocenters. The van der Waals surface area contributed by atoms with Crippen molar-refractivity contribution in [2.75, 3.05) is 17.3 Å². The molecule has 0 bridgehead atoms. The van der Waals surface area contributed by atoms with E-state index in [1.807, 2.05) is 11.8 Å². The lowest BCUT2D eigenvalue weighted by molar-refractivity contribution is -0.104. The zero-order valence-corrected chi connectivity index (χ0v) is 12.8. The zero-order chi connectivity index (χ0) is 13.1. The van der Waals surface area contributed by atoms with Crippen molar-refractivity contribution in [2.45, 2.75) is 27.7 Å². The number of thioether (sulfide) groups is 2. The second kappa shape index (κ2) is 10.7. The summed E-state index contributed by atoms with van der Waals surface area (Å²) in [5.74, 6) is 2.89. The van der Waals surface area contributed by atoms with Crippen LogP contribution in [-0.2, 0) is 4.79 Å². The quantitative estimate of drug-likeness (QED) is 0.280. The summed E-state index contributed by atoms with van der Waals surface area (Å²) in [7, 11) is 0. The lowest BCUT2D eigenvalue weighted by Gasteiger charge is -2.03. The Kier molecular flexibility index (Phi) is 10.5. The van der Waals surface area contributed by atoms with Gasteiger partial charge in [0.15, 0.2) is 0 Å². The first-order valence-corrected chi connectivity index (χ1v) is 7.82.